The van der Waals surface area contributed by atoms with E-state index in [1.807, 2.05) is 6.08 Å². The third-order valence-corrected chi connectivity index (χ3v) is 2.86. The Hall–Kier alpha value is -0.300. The van der Waals surface area contributed by atoms with Crippen molar-refractivity contribution in [3.8, 4) is 0 Å². The lowest BCUT2D eigenvalue weighted by Gasteiger charge is -2.19. The van der Waals surface area contributed by atoms with Gasteiger partial charge in [-0.3, -0.25) is 0 Å². The minimum Gasteiger partial charge on any atom is -0.312 e. The zero-order chi connectivity index (χ0) is 11.5. The molecule has 0 fully saturated rings. The lowest BCUT2D eigenvalue weighted by Crippen LogP contribution is -2.34. The molecule has 0 aromatic rings. The first kappa shape index (κ1) is 14.7. The van der Waals surface area contributed by atoms with Gasteiger partial charge in [0.05, 0.1) is 0 Å². The molecule has 2 unspecified atom stereocenters. The van der Waals surface area contributed by atoms with Gasteiger partial charge in [0.15, 0.2) is 0 Å². The van der Waals surface area contributed by atoms with Crippen LogP contribution in [0.3, 0.4) is 0 Å². The molecule has 0 rings (SSSR count). The molecule has 90 valence electrons. The van der Waals surface area contributed by atoms with Crippen LogP contribution in [0, 0.1) is 0 Å². The van der Waals surface area contributed by atoms with Gasteiger partial charge < -0.3 is 5.32 Å². The number of unbranched alkanes of at least 4 members (excludes halogenated alkanes) is 3. The van der Waals surface area contributed by atoms with Crippen LogP contribution in [-0.4, -0.2) is 12.1 Å². The van der Waals surface area contributed by atoms with Crippen molar-refractivity contribution in [1.82, 2.24) is 5.32 Å². The van der Waals surface area contributed by atoms with Crippen LogP contribution < -0.4 is 5.32 Å². The second-order valence-electron chi connectivity index (χ2n) is 4.68. The molecule has 1 N–H and O–H groups in total. The molecular formula is C14H29N. The number of nitrogens with one attached hydrogen (secondary N) is 1. The van der Waals surface area contributed by atoms with E-state index in [1.165, 1.54) is 38.5 Å². The Kier molecular flexibility index (Phi) is 10.0. The fourth-order valence-electron chi connectivity index (χ4n) is 1.90. The molecule has 0 heterocycles. The van der Waals surface area contributed by atoms with E-state index in [9.17, 15) is 0 Å². The lowest BCUT2D eigenvalue weighted by atomic mass is 10.1. The van der Waals surface area contributed by atoms with Gasteiger partial charge in [0, 0.05) is 12.1 Å². The smallest absolute Gasteiger partial charge is 0.00441 e. The molecule has 0 spiro atoms. The SMILES string of the molecule is C=CCCC(C)NC(C)CCCCCC. The molecule has 1 heteroatoms. The fraction of sp³-hybridized carbons (Fsp3) is 0.857. The van der Waals surface area contributed by atoms with Crippen molar-refractivity contribution in [3.63, 3.8) is 0 Å². The molecule has 1 nitrogen and oxygen atoms in total. The second kappa shape index (κ2) is 10.2. The van der Waals surface area contributed by atoms with Crippen molar-refractivity contribution in [1.29, 1.82) is 0 Å². The van der Waals surface area contributed by atoms with Crippen LogP contribution in [0.25, 0.3) is 0 Å². The third kappa shape index (κ3) is 9.99. The second-order valence-corrected chi connectivity index (χ2v) is 4.68. The Morgan fingerprint density at radius 2 is 1.73 bits per heavy atom. The minimum atomic E-state index is 0.629. The molecule has 0 aromatic carbocycles. The lowest BCUT2D eigenvalue weighted by molar-refractivity contribution is 0.417. The molecule has 2 atom stereocenters. The van der Waals surface area contributed by atoms with Crippen molar-refractivity contribution < 1.29 is 0 Å². The van der Waals surface area contributed by atoms with Crippen molar-refractivity contribution in [3.05, 3.63) is 12.7 Å². The summed E-state index contributed by atoms with van der Waals surface area (Å²) in [5.74, 6) is 0. The van der Waals surface area contributed by atoms with E-state index >= 15 is 0 Å². The summed E-state index contributed by atoms with van der Waals surface area (Å²) < 4.78 is 0. The Bertz CT molecular complexity index is 142. The van der Waals surface area contributed by atoms with Gasteiger partial charge >= 0.3 is 0 Å². The fourth-order valence-corrected chi connectivity index (χ4v) is 1.90. The highest BCUT2D eigenvalue weighted by Crippen LogP contribution is 2.07. The first-order valence-corrected chi connectivity index (χ1v) is 6.57. The first-order valence-electron chi connectivity index (χ1n) is 6.57. The van der Waals surface area contributed by atoms with Gasteiger partial charge in [0.1, 0.15) is 0 Å². The average molecular weight is 211 g/mol. The zero-order valence-corrected chi connectivity index (χ0v) is 10.9. The first-order chi connectivity index (χ1) is 7.20. The molecule has 0 radical (unpaired) electrons. The number of hydrogen-bond donors (Lipinski definition) is 1. The van der Waals surface area contributed by atoms with Crippen LogP contribution in [0.5, 0.6) is 0 Å². The Labute approximate surface area is 96.3 Å². The maximum absolute atomic E-state index is 3.75. The number of hydrogen-bond acceptors (Lipinski definition) is 1. The van der Waals surface area contributed by atoms with E-state index in [2.05, 4.69) is 32.7 Å². The molecule has 0 saturated carbocycles. The van der Waals surface area contributed by atoms with Crippen LogP contribution in [0.2, 0.25) is 0 Å². The highest BCUT2D eigenvalue weighted by molar-refractivity contribution is 4.73. The summed E-state index contributed by atoms with van der Waals surface area (Å²) >= 11 is 0. The van der Waals surface area contributed by atoms with Crippen LogP contribution in [0.15, 0.2) is 12.7 Å². The summed E-state index contributed by atoms with van der Waals surface area (Å²) in [6.45, 7) is 10.6. The zero-order valence-electron chi connectivity index (χ0n) is 10.9. The molecule has 0 aliphatic carbocycles. The highest BCUT2D eigenvalue weighted by Gasteiger charge is 2.05. The summed E-state index contributed by atoms with van der Waals surface area (Å²) in [5.41, 5.74) is 0. The Morgan fingerprint density at radius 3 is 2.33 bits per heavy atom. The summed E-state index contributed by atoms with van der Waals surface area (Å²) in [6, 6.07) is 1.30. The van der Waals surface area contributed by atoms with Crippen LogP contribution in [0.1, 0.15) is 65.7 Å². The summed E-state index contributed by atoms with van der Waals surface area (Å²) in [6.07, 6.45) is 11.1. The number of allylic oxidation sites excluding steroid dienone is 1. The maximum atomic E-state index is 3.75. The van der Waals surface area contributed by atoms with Crippen molar-refractivity contribution in [2.75, 3.05) is 0 Å². The molecule has 0 bridgehead atoms. The average Bonchev–Trinajstić information content (AvgIpc) is 2.21. The van der Waals surface area contributed by atoms with Crippen LogP contribution >= 0.6 is 0 Å². The molecule has 15 heavy (non-hydrogen) atoms. The van der Waals surface area contributed by atoms with Crippen LogP contribution in [-0.2, 0) is 0 Å². The van der Waals surface area contributed by atoms with E-state index in [1.54, 1.807) is 0 Å². The van der Waals surface area contributed by atoms with Gasteiger partial charge in [-0.1, -0.05) is 38.7 Å². The largest absolute Gasteiger partial charge is 0.312 e. The summed E-state index contributed by atoms with van der Waals surface area (Å²) in [5, 5.41) is 3.64. The highest BCUT2D eigenvalue weighted by atomic mass is 14.9. The maximum Gasteiger partial charge on any atom is 0.00441 e. The predicted octanol–water partition coefficient (Wildman–Crippen LogP) is 4.29. The minimum absolute atomic E-state index is 0.629. The van der Waals surface area contributed by atoms with Gasteiger partial charge in [-0.2, -0.15) is 0 Å². The quantitative estimate of drug-likeness (QED) is 0.420. The monoisotopic (exact) mass is 211 g/mol. The molecule has 0 aliphatic heterocycles. The van der Waals surface area contributed by atoms with Crippen molar-refractivity contribution >= 4 is 0 Å². The number of rotatable bonds is 10. The topological polar surface area (TPSA) is 12.0 Å². The van der Waals surface area contributed by atoms with Gasteiger partial charge in [0.2, 0.25) is 0 Å². The van der Waals surface area contributed by atoms with E-state index in [4.69, 9.17) is 0 Å². The molecule has 0 amide bonds. The normalized spacial score (nSPS) is 14.9. The van der Waals surface area contributed by atoms with E-state index in [0.717, 1.165) is 6.42 Å². The standard InChI is InChI=1S/C14H29N/c1-5-7-9-10-12-14(4)15-13(3)11-8-6-2/h6,13-15H,2,5,7-12H2,1,3-4H3. The van der Waals surface area contributed by atoms with Crippen molar-refractivity contribution in [2.24, 2.45) is 0 Å². The van der Waals surface area contributed by atoms with Gasteiger partial charge in [-0.15, -0.1) is 6.58 Å². The summed E-state index contributed by atoms with van der Waals surface area (Å²) in [7, 11) is 0. The van der Waals surface area contributed by atoms with E-state index in [-0.39, 0.29) is 0 Å². The summed E-state index contributed by atoms with van der Waals surface area (Å²) in [4.78, 5) is 0. The third-order valence-electron chi connectivity index (χ3n) is 2.86. The van der Waals surface area contributed by atoms with Crippen LogP contribution in [0.4, 0.5) is 0 Å². The van der Waals surface area contributed by atoms with Gasteiger partial charge in [-0.25, -0.2) is 0 Å². The van der Waals surface area contributed by atoms with Gasteiger partial charge in [0.25, 0.3) is 0 Å². The van der Waals surface area contributed by atoms with Gasteiger partial charge in [-0.05, 0) is 33.1 Å². The molecular weight excluding hydrogens is 182 g/mol. The van der Waals surface area contributed by atoms with E-state index in [0.29, 0.717) is 12.1 Å². The Morgan fingerprint density at radius 1 is 1.07 bits per heavy atom. The molecule has 0 aliphatic rings. The molecule has 0 saturated heterocycles. The van der Waals surface area contributed by atoms with E-state index < -0.39 is 0 Å². The predicted molar refractivity (Wildman–Crippen MR) is 70.2 cm³/mol. The van der Waals surface area contributed by atoms with Crippen molar-refractivity contribution in [2.45, 2.75) is 77.8 Å². The molecule has 0 aromatic heterocycles. The Balaban J connectivity index is 3.37.